The van der Waals surface area contributed by atoms with E-state index in [0.29, 0.717) is 17.9 Å². The number of pyridine rings is 1. The number of rotatable bonds is 6. The maximum Gasteiger partial charge on any atom is 0.224 e. The number of hydrogen-bond donors (Lipinski definition) is 1. The minimum atomic E-state index is 0.0117. The summed E-state index contributed by atoms with van der Waals surface area (Å²) < 4.78 is 11.2. The lowest BCUT2D eigenvalue weighted by molar-refractivity contribution is -0.121. The van der Waals surface area contributed by atoms with Gasteiger partial charge in [0.1, 0.15) is 17.9 Å². The van der Waals surface area contributed by atoms with Gasteiger partial charge in [-0.25, -0.2) is 4.98 Å². The van der Waals surface area contributed by atoms with Gasteiger partial charge in [0.05, 0.1) is 19.1 Å². The summed E-state index contributed by atoms with van der Waals surface area (Å²) >= 11 is 0. The third-order valence-corrected chi connectivity index (χ3v) is 4.74. The predicted octanol–water partition coefficient (Wildman–Crippen LogP) is 3.01. The molecule has 1 fully saturated rings. The quantitative estimate of drug-likeness (QED) is 0.851. The van der Waals surface area contributed by atoms with Gasteiger partial charge < -0.3 is 14.8 Å². The first-order valence-corrected chi connectivity index (χ1v) is 9.12. The summed E-state index contributed by atoms with van der Waals surface area (Å²) in [5.41, 5.74) is 1.41. The average Bonchev–Trinajstić information content (AvgIpc) is 2.70. The van der Waals surface area contributed by atoms with Crippen LogP contribution < -0.4 is 14.8 Å². The second kappa shape index (κ2) is 9.04. The van der Waals surface area contributed by atoms with Crippen LogP contribution in [-0.4, -0.2) is 30.1 Å². The number of nitriles is 1. The van der Waals surface area contributed by atoms with Crippen LogP contribution in [0.4, 0.5) is 0 Å². The Labute approximate surface area is 159 Å². The highest BCUT2D eigenvalue weighted by molar-refractivity contribution is 5.79. The zero-order valence-corrected chi connectivity index (χ0v) is 15.4. The number of para-hydroxylation sites is 1. The first-order chi connectivity index (χ1) is 13.2. The van der Waals surface area contributed by atoms with Gasteiger partial charge >= 0.3 is 0 Å². The molecule has 1 aromatic heterocycles. The van der Waals surface area contributed by atoms with Crippen molar-refractivity contribution in [2.75, 3.05) is 7.11 Å². The topological polar surface area (TPSA) is 84.2 Å². The summed E-state index contributed by atoms with van der Waals surface area (Å²) in [6.45, 7) is 0. The van der Waals surface area contributed by atoms with E-state index in [1.54, 1.807) is 19.2 Å². The fourth-order valence-corrected chi connectivity index (χ4v) is 3.31. The van der Waals surface area contributed by atoms with Gasteiger partial charge in [0, 0.05) is 23.9 Å². The van der Waals surface area contributed by atoms with Gasteiger partial charge in [0.2, 0.25) is 11.8 Å². The van der Waals surface area contributed by atoms with Crippen molar-refractivity contribution in [1.82, 2.24) is 10.3 Å². The zero-order chi connectivity index (χ0) is 19.1. The lowest BCUT2D eigenvalue weighted by atomic mass is 9.92. The second-order valence-corrected chi connectivity index (χ2v) is 6.64. The normalized spacial score (nSPS) is 19.0. The van der Waals surface area contributed by atoms with Crippen molar-refractivity contribution < 1.29 is 14.3 Å². The summed E-state index contributed by atoms with van der Waals surface area (Å²) in [5, 5.41) is 11.9. The third kappa shape index (κ3) is 5.20. The predicted molar refractivity (Wildman–Crippen MR) is 100 cm³/mol. The standard InChI is InChI=1S/C21H23N3O3/c1-26-19-5-3-2-4-16(19)12-20(25)24-17-7-9-18(10-8-17)27-21-11-6-15(13-22)14-23-21/h2-6,11,14,17-18H,7-10,12H2,1H3,(H,24,25). The molecule has 1 heterocycles. The van der Waals surface area contributed by atoms with Crippen molar-refractivity contribution in [3.63, 3.8) is 0 Å². The molecule has 0 spiro atoms. The molecule has 0 unspecified atom stereocenters. The smallest absolute Gasteiger partial charge is 0.224 e. The maximum absolute atomic E-state index is 12.3. The lowest BCUT2D eigenvalue weighted by Crippen LogP contribution is -2.40. The number of methoxy groups -OCH3 is 1. The molecule has 27 heavy (non-hydrogen) atoms. The van der Waals surface area contributed by atoms with Crippen LogP contribution in [0.2, 0.25) is 0 Å². The van der Waals surface area contributed by atoms with E-state index in [4.69, 9.17) is 14.7 Å². The molecule has 0 aliphatic heterocycles. The molecule has 6 nitrogen and oxygen atoms in total. The van der Waals surface area contributed by atoms with E-state index in [2.05, 4.69) is 10.3 Å². The van der Waals surface area contributed by atoms with Crippen LogP contribution in [0.3, 0.4) is 0 Å². The summed E-state index contributed by atoms with van der Waals surface area (Å²) in [7, 11) is 1.61. The number of carbonyl (C=O) groups excluding carboxylic acids is 1. The molecule has 0 atom stereocenters. The van der Waals surface area contributed by atoms with Crippen LogP contribution >= 0.6 is 0 Å². The molecule has 1 amide bonds. The first-order valence-electron chi connectivity index (χ1n) is 9.12. The highest BCUT2D eigenvalue weighted by Crippen LogP contribution is 2.23. The van der Waals surface area contributed by atoms with Crippen LogP contribution in [-0.2, 0) is 11.2 Å². The molecule has 0 bridgehead atoms. The molecule has 1 aliphatic carbocycles. The third-order valence-electron chi connectivity index (χ3n) is 4.74. The Kier molecular flexibility index (Phi) is 6.26. The highest BCUT2D eigenvalue weighted by Gasteiger charge is 2.24. The fraction of sp³-hybridized carbons (Fsp3) is 0.381. The molecule has 0 saturated heterocycles. The van der Waals surface area contributed by atoms with E-state index in [0.717, 1.165) is 37.0 Å². The Hall–Kier alpha value is -3.07. The van der Waals surface area contributed by atoms with Crippen molar-refractivity contribution >= 4 is 5.91 Å². The number of ether oxygens (including phenoxy) is 2. The Morgan fingerprint density at radius 2 is 2.00 bits per heavy atom. The first kappa shape index (κ1) is 18.7. The van der Waals surface area contributed by atoms with Gasteiger partial charge in [0.15, 0.2) is 0 Å². The Bertz CT molecular complexity index is 806. The van der Waals surface area contributed by atoms with Crippen molar-refractivity contribution in [1.29, 1.82) is 5.26 Å². The second-order valence-electron chi connectivity index (χ2n) is 6.64. The van der Waals surface area contributed by atoms with Gasteiger partial charge in [-0.3, -0.25) is 4.79 Å². The maximum atomic E-state index is 12.3. The van der Waals surface area contributed by atoms with Gasteiger partial charge in [-0.05, 0) is 37.8 Å². The van der Waals surface area contributed by atoms with E-state index in [9.17, 15) is 4.79 Å². The summed E-state index contributed by atoms with van der Waals surface area (Å²) in [6, 6.07) is 13.2. The molecule has 2 aromatic rings. The van der Waals surface area contributed by atoms with Gasteiger partial charge in [0.25, 0.3) is 0 Å². The summed E-state index contributed by atoms with van der Waals surface area (Å²) in [4.78, 5) is 16.5. The number of benzene rings is 1. The SMILES string of the molecule is COc1ccccc1CC(=O)NC1CCC(Oc2ccc(C#N)cn2)CC1. The Morgan fingerprint density at radius 1 is 1.22 bits per heavy atom. The number of nitrogens with zero attached hydrogens (tertiary/aromatic N) is 2. The molecular weight excluding hydrogens is 342 g/mol. The minimum Gasteiger partial charge on any atom is -0.496 e. The average molecular weight is 365 g/mol. The molecule has 1 aromatic carbocycles. The number of nitrogens with one attached hydrogen (secondary N) is 1. The zero-order valence-electron chi connectivity index (χ0n) is 15.4. The van der Waals surface area contributed by atoms with Crippen molar-refractivity contribution in [3.05, 3.63) is 53.7 Å². The Balaban J connectivity index is 1.45. The van der Waals surface area contributed by atoms with Crippen LogP contribution in [0.15, 0.2) is 42.6 Å². The van der Waals surface area contributed by atoms with E-state index >= 15 is 0 Å². The van der Waals surface area contributed by atoms with Crippen LogP contribution in [0.5, 0.6) is 11.6 Å². The number of aromatic nitrogens is 1. The van der Waals surface area contributed by atoms with Crippen LogP contribution in [0.25, 0.3) is 0 Å². The fourth-order valence-electron chi connectivity index (χ4n) is 3.31. The van der Waals surface area contributed by atoms with Crippen molar-refractivity contribution in [3.8, 4) is 17.7 Å². The molecular formula is C21H23N3O3. The lowest BCUT2D eigenvalue weighted by Gasteiger charge is -2.29. The van der Waals surface area contributed by atoms with E-state index in [1.807, 2.05) is 30.3 Å². The Morgan fingerprint density at radius 3 is 2.67 bits per heavy atom. The van der Waals surface area contributed by atoms with E-state index in [1.165, 1.54) is 6.20 Å². The van der Waals surface area contributed by atoms with E-state index in [-0.39, 0.29) is 18.1 Å². The van der Waals surface area contributed by atoms with Crippen molar-refractivity contribution in [2.24, 2.45) is 0 Å². The van der Waals surface area contributed by atoms with Crippen LogP contribution in [0.1, 0.15) is 36.8 Å². The molecule has 6 heteroatoms. The number of carbonyl (C=O) groups is 1. The summed E-state index contributed by atoms with van der Waals surface area (Å²) in [5.74, 6) is 1.29. The molecule has 1 saturated carbocycles. The van der Waals surface area contributed by atoms with Gasteiger partial charge in [-0.15, -0.1) is 0 Å². The molecule has 0 radical (unpaired) electrons. The van der Waals surface area contributed by atoms with E-state index < -0.39 is 0 Å². The molecule has 1 aliphatic rings. The minimum absolute atomic E-state index is 0.0117. The van der Waals surface area contributed by atoms with Crippen LogP contribution in [0, 0.1) is 11.3 Å². The highest BCUT2D eigenvalue weighted by atomic mass is 16.5. The van der Waals surface area contributed by atoms with Crippen molar-refractivity contribution in [2.45, 2.75) is 44.2 Å². The molecule has 140 valence electrons. The molecule has 1 N–H and O–H groups in total. The monoisotopic (exact) mass is 365 g/mol. The van der Waals surface area contributed by atoms with Gasteiger partial charge in [-0.2, -0.15) is 5.26 Å². The van der Waals surface area contributed by atoms with Gasteiger partial charge in [-0.1, -0.05) is 18.2 Å². The summed E-state index contributed by atoms with van der Waals surface area (Å²) in [6.07, 6.45) is 5.39. The number of hydrogen-bond acceptors (Lipinski definition) is 5. The number of amides is 1. The molecule has 3 rings (SSSR count). The largest absolute Gasteiger partial charge is 0.496 e.